The lowest BCUT2D eigenvalue weighted by Crippen LogP contribution is -2.46. The Kier molecular flexibility index (Phi) is 19.6. The molecule has 0 aliphatic carbocycles. The molecule has 0 fully saturated rings. The van der Waals surface area contributed by atoms with E-state index in [2.05, 4.69) is 17.3 Å². The molecule has 10 heteroatoms. The highest BCUT2D eigenvalue weighted by atomic mass is 28.4. The number of hydrogen-bond donors (Lipinski definition) is 1. The van der Waals surface area contributed by atoms with E-state index in [1.165, 1.54) is 0 Å². The van der Waals surface area contributed by atoms with E-state index in [0.717, 1.165) is 51.1 Å². The topological polar surface area (TPSA) is 70.7 Å². The molecule has 0 aliphatic heterocycles. The zero-order chi connectivity index (χ0) is 23.4. The highest BCUT2D eigenvalue weighted by Crippen LogP contribution is 2.19. The Labute approximate surface area is 194 Å². The van der Waals surface area contributed by atoms with Crippen molar-refractivity contribution in [2.24, 2.45) is 0 Å². The third kappa shape index (κ3) is 14.1. The molecular formula is C21H50N2O6Si2. The molecule has 0 bridgehead atoms. The molecule has 0 heterocycles. The van der Waals surface area contributed by atoms with Gasteiger partial charge in [-0.25, -0.2) is 0 Å². The molecule has 8 nitrogen and oxygen atoms in total. The molecule has 1 N–H and O–H groups in total. The average Bonchev–Trinajstić information content (AvgIpc) is 2.72. The molecule has 188 valence electrons. The Bertz CT molecular complexity index is 376. The summed E-state index contributed by atoms with van der Waals surface area (Å²) < 4.78 is 35.5. The van der Waals surface area contributed by atoms with Gasteiger partial charge >= 0.3 is 17.6 Å². The van der Waals surface area contributed by atoms with Gasteiger partial charge in [0.15, 0.2) is 0 Å². The fraction of sp³-hybridized carbons (Fsp3) is 1.00. The van der Waals surface area contributed by atoms with Crippen molar-refractivity contribution in [1.82, 2.24) is 10.2 Å². The number of hydrogen-bond acceptors (Lipinski definition) is 8. The van der Waals surface area contributed by atoms with Gasteiger partial charge in [-0.1, -0.05) is 0 Å². The van der Waals surface area contributed by atoms with E-state index in [1.54, 1.807) is 0 Å². The standard InChI is InChI=1S/C21H50N2O6Si2/c1-8-24-30(25-9-2,26-10-3)20-14-16-22-17-19-23(7)18-15-21-31(27-11-4,28-12-5)29-13-6/h22H,8-21H2,1-7H3. The maximum absolute atomic E-state index is 5.93. The molecular weight excluding hydrogens is 432 g/mol. The van der Waals surface area contributed by atoms with Gasteiger partial charge in [-0.15, -0.1) is 0 Å². The third-order valence-electron chi connectivity index (χ3n) is 4.72. The van der Waals surface area contributed by atoms with E-state index in [9.17, 15) is 0 Å². The van der Waals surface area contributed by atoms with Crippen molar-refractivity contribution < 1.29 is 26.6 Å². The first kappa shape index (κ1) is 31.1. The van der Waals surface area contributed by atoms with Crippen LogP contribution in [0.4, 0.5) is 0 Å². The summed E-state index contributed by atoms with van der Waals surface area (Å²) in [6.07, 6.45) is 2.00. The maximum Gasteiger partial charge on any atom is 0.500 e. The molecule has 0 radical (unpaired) electrons. The molecule has 31 heavy (non-hydrogen) atoms. The van der Waals surface area contributed by atoms with Crippen molar-refractivity contribution in [2.45, 2.75) is 66.5 Å². The van der Waals surface area contributed by atoms with Gasteiger partial charge in [-0.05, 0) is 74.5 Å². The summed E-state index contributed by atoms with van der Waals surface area (Å²) in [7, 11) is -2.88. The first-order valence-electron chi connectivity index (χ1n) is 12.2. The van der Waals surface area contributed by atoms with Crippen LogP contribution in [0.5, 0.6) is 0 Å². The second kappa shape index (κ2) is 19.6. The fourth-order valence-corrected chi connectivity index (χ4v) is 8.71. The van der Waals surface area contributed by atoms with Crippen molar-refractivity contribution in [3.63, 3.8) is 0 Å². The summed E-state index contributed by atoms with van der Waals surface area (Å²) >= 11 is 0. The fourth-order valence-electron chi connectivity index (χ4n) is 3.50. The summed E-state index contributed by atoms with van der Waals surface area (Å²) in [5, 5.41) is 3.53. The Hall–Kier alpha value is 0.114. The van der Waals surface area contributed by atoms with Crippen molar-refractivity contribution >= 4 is 17.6 Å². The van der Waals surface area contributed by atoms with Gasteiger partial charge in [0.1, 0.15) is 0 Å². The molecule has 0 aromatic carbocycles. The Morgan fingerprint density at radius 2 is 0.935 bits per heavy atom. The normalized spacial score (nSPS) is 12.8. The number of rotatable bonds is 23. The lowest BCUT2D eigenvalue weighted by molar-refractivity contribution is 0.0695. The van der Waals surface area contributed by atoms with E-state index in [0.29, 0.717) is 39.6 Å². The summed E-state index contributed by atoms with van der Waals surface area (Å²) in [5.74, 6) is 0. The molecule has 0 spiro atoms. The van der Waals surface area contributed by atoms with E-state index >= 15 is 0 Å². The Morgan fingerprint density at radius 3 is 1.32 bits per heavy atom. The van der Waals surface area contributed by atoms with E-state index in [1.807, 2.05) is 41.5 Å². The molecule has 0 saturated heterocycles. The van der Waals surface area contributed by atoms with Crippen LogP contribution in [0.1, 0.15) is 54.4 Å². The van der Waals surface area contributed by atoms with Crippen LogP contribution in [0, 0.1) is 0 Å². The zero-order valence-corrected chi connectivity index (χ0v) is 23.3. The second-order valence-corrected chi connectivity index (χ2v) is 12.7. The minimum atomic E-state index is -2.52. The predicted octanol–water partition coefficient (Wildman–Crippen LogP) is 3.38. The van der Waals surface area contributed by atoms with Crippen LogP contribution in [0.25, 0.3) is 0 Å². The van der Waals surface area contributed by atoms with Gasteiger partial charge < -0.3 is 36.8 Å². The highest BCUT2D eigenvalue weighted by Gasteiger charge is 2.40. The van der Waals surface area contributed by atoms with Crippen LogP contribution in [0.15, 0.2) is 0 Å². The summed E-state index contributed by atoms with van der Waals surface area (Å²) in [5.41, 5.74) is 0. The van der Waals surface area contributed by atoms with Crippen LogP contribution in [0.2, 0.25) is 12.1 Å². The zero-order valence-electron chi connectivity index (χ0n) is 21.3. The summed E-state index contributed by atoms with van der Waals surface area (Å²) in [4.78, 5) is 2.34. The van der Waals surface area contributed by atoms with Gasteiger partial charge in [-0.3, -0.25) is 0 Å². The first-order chi connectivity index (χ1) is 15.0. The van der Waals surface area contributed by atoms with E-state index in [-0.39, 0.29) is 0 Å². The lowest BCUT2D eigenvalue weighted by atomic mass is 10.4. The molecule has 0 saturated carbocycles. The minimum Gasteiger partial charge on any atom is -0.374 e. The van der Waals surface area contributed by atoms with Crippen LogP contribution in [-0.4, -0.2) is 95.4 Å². The third-order valence-corrected chi connectivity index (χ3v) is 11.0. The maximum atomic E-state index is 5.93. The van der Waals surface area contributed by atoms with Gasteiger partial charge in [-0.2, -0.15) is 0 Å². The molecule has 0 unspecified atom stereocenters. The van der Waals surface area contributed by atoms with Crippen molar-refractivity contribution in [2.75, 3.05) is 72.9 Å². The first-order valence-corrected chi connectivity index (χ1v) is 16.1. The number of nitrogens with zero attached hydrogens (tertiary/aromatic N) is 1. The summed E-state index contributed by atoms with van der Waals surface area (Å²) in [6.45, 7) is 19.7. The van der Waals surface area contributed by atoms with Crippen molar-refractivity contribution in [3.8, 4) is 0 Å². The SMILES string of the molecule is CCO[Si](CCCNCCN(C)CCC[Si](OCC)(OCC)OCC)(OCC)OCC. The minimum absolute atomic E-state index is 0.629. The van der Waals surface area contributed by atoms with Gasteiger partial charge in [0.2, 0.25) is 0 Å². The molecule has 0 aromatic heterocycles. The number of likely N-dealkylation sites (N-methyl/N-ethyl adjacent to an activating group) is 1. The predicted molar refractivity (Wildman–Crippen MR) is 130 cm³/mol. The van der Waals surface area contributed by atoms with Crippen LogP contribution in [-0.2, 0) is 26.6 Å². The monoisotopic (exact) mass is 482 g/mol. The van der Waals surface area contributed by atoms with Gasteiger partial charge in [0.05, 0.1) is 0 Å². The highest BCUT2D eigenvalue weighted by molar-refractivity contribution is 6.61. The quantitative estimate of drug-likeness (QED) is 0.176. The molecule has 0 atom stereocenters. The van der Waals surface area contributed by atoms with Crippen molar-refractivity contribution in [1.29, 1.82) is 0 Å². The van der Waals surface area contributed by atoms with Crippen LogP contribution >= 0.6 is 0 Å². The van der Waals surface area contributed by atoms with Crippen LogP contribution < -0.4 is 5.32 Å². The largest absolute Gasteiger partial charge is 0.500 e. The molecule has 0 rings (SSSR count). The van der Waals surface area contributed by atoms with E-state index in [4.69, 9.17) is 26.6 Å². The Balaban J connectivity index is 4.16. The van der Waals surface area contributed by atoms with Crippen LogP contribution in [0.3, 0.4) is 0 Å². The second-order valence-electron chi connectivity index (χ2n) is 7.22. The van der Waals surface area contributed by atoms with Gasteiger partial charge in [0, 0.05) is 64.8 Å². The Morgan fingerprint density at radius 1 is 0.548 bits per heavy atom. The summed E-state index contributed by atoms with van der Waals surface area (Å²) in [6, 6.07) is 1.71. The number of nitrogens with one attached hydrogen (secondary N) is 1. The molecule has 0 amide bonds. The molecule has 0 aliphatic rings. The van der Waals surface area contributed by atoms with Gasteiger partial charge in [0.25, 0.3) is 0 Å². The smallest absolute Gasteiger partial charge is 0.374 e. The lowest BCUT2D eigenvalue weighted by Gasteiger charge is -2.29. The van der Waals surface area contributed by atoms with E-state index < -0.39 is 17.6 Å². The average molecular weight is 483 g/mol. The van der Waals surface area contributed by atoms with Crippen molar-refractivity contribution in [3.05, 3.63) is 0 Å². The molecule has 0 aromatic rings.